The van der Waals surface area contributed by atoms with E-state index in [1.807, 2.05) is 37.4 Å². The molecule has 0 aliphatic heterocycles. The molecule has 0 N–H and O–H groups in total. The predicted octanol–water partition coefficient (Wildman–Crippen LogP) is 3.55. The standard InChI is InChI=1S/C14H14O2S2/c1-11-3-7-13(8-4-11)18(15,16)14-9-5-12(17-2)6-10-14/h3-10H,1-2H3. The van der Waals surface area contributed by atoms with Crippen LogP contribution in [0.3, 0.4) is 0 Å². The maximum atomic E-state index is 12.3. The average molecular weight is 278 g/mol. The third-order valence-corrected chi connectivity index (χ3v) is 5.23. The van der Waals surface area contributed by atoms with E-state index in [1.165, 1.54) is 0 Å². The first-order chi connectivity index (χ1) is 8.54. The summed E-state index contributed by atoms with van der Waals surface area (Å²) in [6.45, 7) is 1.93. The molecule has 0 saturated heterocycles. The second-order valence-electron chi connectivity index (χ2n) is 3.99. The van der Waals surface area contributed by atoms with Crippen LogP contribution in [-0.4, -0.2) is 14.7 Å². The van der Waals surface area contributed by atoms with Crippen molar-refractivity contribution >= 4 is 21.6 Å². The number of aryl methyl sites for hydroxylation is 1. The van der Waals surface area contributed by atoms with Gasteiger partial charge in [0.15, 0.2) is 0 Å². The van der Waals surface area contributed by atoms with Crippen molar-refractivity contribution < 1.29 is 8.42 Å². The lowest BCUT2D eigenvalue weighted by atomic mass is 10.2. The molecule has 2 nitrogen and oxygen atoms in total. The first-order valence-corrected chi connectivity index (χ1v) is 8.20. The highest BCUT2D eigenvalue weighted by molar-refractivity contribution is 7.98. The molecule has 0 fully saturated rings. The number of benzene rings is 2. The average Bonchev–Trinajstić information content (AvgIpc) is 2.39. The van der Waals surface area contributed by atoms with E-state index in [4.69, 9.17) is 0 Å². The summed E-state index contributed by atoms with van der Waals surface area (Å²) < 4.78 is 24.7. The molecule has 0 unspecified atom stereocenters. The number of thioether (sulfide) groups is 1. The topological polar surface area (TPSA) is 34.1 Å². The van der Waals surface area contributed by atoms with Crippen LogP contribution < -0.4 is 0 Å². The summed E-state index contributed by atoms with van der Waals surface area (Å²) in [5, 5.41) is 0. The Balaban J connectivity index is 2.44. The minimum absolute atomic E-state index is 0.337. The Kier molecular flexibility index (Phi) is 3.78. The lowest BCUT2D eigenvalue weighted by molar-refractivity contribution is 0.596. The summed E-state index contributed by atoms with van der Waals surface area (Å²) in [5.41, 5.74) is 1.05. The fraction of sp³-hybridized carbons (Fsp3) is 0.143. The van der Waals surface area contributed by atoms with Gasteiger partial charge < -0.3 is 0 Å². The molecule has 0 aliphatic rings. The van der Waals surface area contributed by atoms with Crippen LogP contribution in [0.4, 0.5) is 0 Å². The monoisotopic (exact) mass is 278 g/mol. The van der Waals surface area contributed by atoms with Crippen LogP contribution in [0.15, 0.2) is 63.2 Å². The van der Waals surface area contributed by atoms with E-state index in [-0.39, 0.29) is 0 Å². The maximum absolute atomic E-state index is 12.3. The zero-order valence-electron chi connectivity index (χ0n) is 10.3. The van der Waals surface area contributed by atoms with E-state index in [9.17, 15) is 8.42 Å². The molecule has 2 aromatic rings. The molecule has 0 aliphatic carbocycles. The number of hydrogen-bond donors (Lipinski definition) is 0. The van der Waals surface area contributed by atoms with E-state index in [1.54, 1.807) is 36.0 Å². The summed E-state index contributed by atoms with van der Waals surface area (Å²) in [6.07, 6.45) is 1.96. The summed E-state index contributed by atoms with van der Waals surface area (Å²) in [7, 11) is -3.39. The molecule has 0 heterocycles. The van der Waals surface area contributed by atoms with Crippen molar-refractivity contribution in [2.75, 3.05) is 6.26 Å². The maximum Gasteiger partial charge on any atom is 0.206 e. The van der Waals surface area contributed by atoms with Crippen LogP contribution in [-0.2, 0) is 9.84 Å². The molecule has 18 heavy (non-hydrogen) atoms. The van der Waals surface area contributed by atoms with Crippen LogP contribution in [0.25, 0.3) is 0 Å². The molecule has 4 heteroatoms. The summed E-state index contributed by atoms with van der Waals surface area (Å²) >= 11 is 1.59. The highest BCUT2D eigenvalue weighted by Gasteiger charge is 2.16. The third kappa shape index (κ3) is 2.60. The number of rotatable bonds is 3. The van der Waals surface area contributed by atoms with Gasteiger partial charge in [0.1, 0.15) is 0 Å². The van der Waals surface area contributed by atoms with Crippen LogP contribution >= 0.6 is 11.8 Å². The minimum atomic E-state index is -3.39. The Morgan fingerprint density at radius 3 is 1.72 bits per heavy atom. The Bertz CT molecular complexity index is 626. The third-order valence-electron chi connectivity index (χ3n) is 2.70. The van der Waals surface area contributed by atoms with Gasteiger partial charge in [-0.1, -0.05) is 17.7 Å². The molecule has 0 saturated carbocycles. The summed E-state index contributed by atoms with van der Waals surface area (Å²) in [4.78, 5) is 1.73. The quantitative estimate of drug-likeness (QED) is 0.805. The van der Waals surface area contributed by atoms with Gasteiger partial charge in [0.2, 0.25) is 9.84 Å². The van der Waals surface area contributed by atoms with Gasteiger partial charge in [0.25, 0.3) is 0 Å². The zero-order chi connectivity index (χ0) is 13.2. The zero-order valence-corrected chi connectivity index (χ0v) is 11.9. The number of hydrogen-bond acceptors (Lipinski definition) is 3. The van der Waals surface area contributed by atoms with Gasteiger partial charge in [-0.25, -0.2) is 8.42 Å². The van der Waals surface area contributed by atoms with E-state index in [2.05, 4.69) is 0 Å². The molecule has 0 amide bonds. The molecular weight excluding hydrogens is 264 g/mol. The molecule has 0 spiro atoms. The van der Waals surface area contributed by atoms with Crippen molar-refractivity contribution in [3.8, 4) is 0 Å². The highest BCUT2D eigenvalue weighted by atomic mass is 32.2. The van der Waals surface area contributed by atoms with Gasteiger partial charge in [-0.2, -0.15) is 0 Å². The molecular formula is C14H14O2S2. The van der Waals surface area contributed by atoms with Crippen LogP contribution in [0, 0.1) is 6.92 Å². The van der Waals surface area contributed by atoms with E-state index < -0.39 is 9.84 Å². The van der Waals surface area contributed by atoms with Crippen LogP contribution in [0.1, 0.15) is 5.56 Å². The fourth-order valence-corrected chi connectivity index (χ4v) is 3.28. The van der Waals surface area contributed by atoms with Gasteiger partial charge in [0, 0.05) is 4.90 Å². The van der Waals surface area contributed by atoms with Crippen molar-refractivity contribution in [1.29, 1.82) is 0 Å². The van der Waals surface area contributed by atoms with Crippen molar-refractivity contribution in [3.63, 3.8) is 0 Å². The van der Waals surface area contributed by atoms with Gasteiger partial charge in [-0.05, 0) is 49.6 Å². The van der Waals surface area contributed by atoms with Gasteiger partial charge >= 0.3 is 0 Å². The first kappa shape index (κ1) is 13.2. The highest BCUT2D eigenvalue weighted by Crippen LogP contribution is 2.23. The number of sulfone groups is 1. The molecule has 94 valence electrons. The molecule has 0 bridgehead atoms. The van der Waals surface area contributed by atoms with Crippen molar-refractivity contribution in [1.82, 2.24) is 0 Å². The molecule has 2 rings (SSSR count). The summed E-state index contributed by atoms with van der Waals surface area (Å²) in [6, 6.07) is 13.9. The van der Waals surface area contributed by atoms with Gasteiger partial charge in [-0.3, -0.25) is 0 Å². The molecule has 2 aromatic carbocycles. The largest absolute Gasteiger partial charge is 0.219 e. The lowest BCUT2D eigenvalue weighted by Gasteiger charge is -2.05. The van der Waals surface area contributed by atoms with Crippen molar-refractivity contribution in [2.45, 2.75) is 21.6 Å². The predicted molar refractivity (Wildman–Crippen MR) is 74.9 cm³/mol. The second kappa shape index (κ2) is 5.16. The first-order valence-electron chi connectivity index (χ1n) is 5.50. The van der Waals surface area contributed by atoms with E-state index >= 15 is 0 Å². The van der Waals surface area contributed by atoms with E-state index in [0.717, 1.165) is 10.5 Å². The molecule has 0 radical (unpaired) electrons. The van der Waals surface area contributed by atoms with E-state index in [0.29, 0.717) is 9.79 Å². The second-order valence-corrected chi connectivity index (χ2v) is 6.82. The minimum Gasteiger partial charge on any atom is -0.219 e. The van der Waals surface area contributed by atoms with Crippen LogP contribution in [0.5, 0.6) is 0 Å². The SMILES string of the molecule is CSc1ccc(S(=O)(=O)c2ccc(C)cc2)cc1. The molecule has 0 atom stereocenters. The van der Waals surface area contributed by atoms with Gasteiger partial charge in [-0.15, -0.1) is 11.8 Å². The fourth-order valence-electron chi connectivity index (χ4n) is 1.61. The Morgan fingerprint density at radius 2 is 1.28 bits per heavy atom. The Morgan fingerprint density at radius 1 is 0.833 bits per heavy atom. The van der Waals surface area contributed by atoms with Crippen LogP contribution in [0.2, 0.25) is 0 Å². The molecule has 0 aromatic heterocycles. The Hall–Kier alpha value is -1.26. The lowest BCUT2D eigenvalue weighted by Crippen LogP contribution is -2.01. The Labute approximate surface area is 112 Å². The normalized spacial score (nSPS) is 11.4. The summed E-state index contributed by atoms with van der Waals surface area (Å²) in [5.74, 6) is 0. The van der Waals surface area contributed by atoms with Crippen molar-refractivity contribution in [2.24, 2.45) is 0 Å². The smallest absolute Gasteiger partial charge is 0.206 e. The van der Waals surface area contributed by atoms with Crippen molar-refractivity contribution in [3.05, 3.63) is 54.1 Å². The van der Waals surface area contributed by atoms with Gasteiger partial charge in [0.05, 0.1) is 9.79 Å².